The van der Waals surface area contributed by atoms with Gasteiger partial charge in [0.05, 0.1) is 6.54 Å². The second-order valence-electron chi connectivity index (χ2n) is 5.58. The Labute approximate surface area is 124 Å². The Morgan fingerprint density at radius 3 is 2.40 bits per heavy atom. The third kappa shape index (κ3) is 3.64. The minimum Gasteiger partial charge on any atom is -0.369 e. The number of carbonyl (C=O) groups is 1. The van der Waals surface area contributed by atoms with Gasteiger partial charge >= 0.3 is 0 Å². The van der Waals surface area contributed by atoms with E-state index in [0.29, 0.717) is 12.6 Å². The summed E-state index contributed by atoms with van der Waals surface area (Å²) >= 11 is 5.91. The Hall–Kier alpha value is -1.26. The minimum atomic E-state index is 0.174. The van der Waals surface area contributed by atoms with Crippen LogP contribution in [0.4, 0.5) is 5.69 Å². The van der Waals surface area contributed by atoms with Crippen LogP contribution in [0.15, 0.2) is 24.3 Å². The SMILES string of the molecule is O=C(CN1CCN(c2ccc(Cl)cc2)CC1)NC1CC1. The van der Waals surface area contributed by atoms with Gasteiger partial charge in [0.15, 0.2) is 0 Å². The normalized spacial score (nSPS) is 19.9. The smallest absolute Gasteiger partial charge is 0.234 e. The van der Waals surface area contributed by atoms with E-state index in [0.717, 1.165) is 44.0 Å². The van der Waals surface area contributed by atoms with Crippen molar-refractivity contribution in [2.24, 2.45) is 0 Å². The van der Waals surface area contributed by atoms with Crippen LogP contribution in [0.25, 0.3) is 0 Å². The summed E-state index contributed by atoms with van der Waals surface area (Å²) in [6.45, 7) is 4.31. The molecule has 0 spiro atoms. The van der Waals surface area contributed by atoms with Crippen LogP contribution in [0, 0.1) is 0 Å². The number of anilines is 1. The first-order valence-corrected chi connectivity index (χ1v) is 7.61. The zero-order valence-corrected chi connectivity index (χ0v) is 12.3. The summed E-state index contributed by atoms with van der Waals surface area (Å²) in [5, 5.41) is 3.81. The maximum atomic E-state index is 11.8. The lowest BCUT2D eigenvalue weighted by Crippen LogP contribution is -2.49. The predicted molar refractivity (Wildman–Crippen MR) is 81.3 cm³/mol. The minimum absolute atomic E-state index is 0.174. The van der Waals surface area contributed by atoms with Crippen molar-refractivity contribution in [3.63, 3.8) is 0 Å². The summed E-state index contributed by atoms with van der Waals surface area (Å²) in [5.74, 6) is 0.174. The second kappa shape index (κ2) is 6.02. The van der Waals surface area contributed by atoms with Gasteiger partial charge in [-0.05, 0) is 37.1 Å². The molecule has 0 aromatic heterocycles. The third-order valence-electron chi connectivity index (χ3n) is 3.87. The van der Waals surface area contributed by atoms with E-state index in [4.69, 9.17) is 11.6 Å². The molecule has 108 valence electrons. The van der Waals surface area contributed by atoms with Crippen LogP contribution in [0.5, 0.6) is 0 Å². The van der Waals surface area contributed by atoms with E-state index in [1.807, 2.05) is 12.1 Å². The van der Waals surface area contributed by atoms with Crippen LogP contribution < -0.4 is 10.2 Å². The fourth-order valence-electron chi connectivity index (χ4n) is 2.52. The Balaban J connectivity index is 1.46. The number of nitrogens with one attached hydrogen (secondary N) is 1. The van der Waals surface area contributed by atoms with Crippen molar-refractivity contribution >= 4 is 23.2 Å². The lowest BCUT2D eigenvalue weighted by molar-refractivity contribution is -0.122. The van der Waals surface area contributed by atoms with Gasteiger partial charge in [-0.3, -0.25) is 9.69 Å². The molecule has 5 heteroatoms. The molecular weight excluding hydrogens is 274 g/mol. The number of rotatable bonds is 4. The Morgan fingerprint density at radius 1 is 1.15 bits per heavy atom. The van der Waals surface area contributed by atoms with Crippen LogP contribution in [0.1, 0.15) is 12.8 Å². The van der Waals surface area contributed by atoms with E-state index in [1.165, 1.54) is 5.69 Å². The van der Waals surface area contributed by atoms with Crippen molar-refractivity contribution in [3.05, 3.63) is 29.3 Å². The number of halogens is 1. The number of hydrogen-bond acceptors (Lipinski definition) is 3. The number of nitrogens with zero attached hydrogens (tertiary/aromatic N) is 2. The van der Waals surface area contributed by atoms with Gasteiger partial charge < -0.3 is 10.2 Å². The molecule has 1 aromatic carbocycles. The topological polar surface area (TPSA) is 35.6 Å². The van der Waals surface area contributed by atoms with Crippen molar-refractivity contribution in [1.29, 1.82) is 0 Å². The number of amides is 1. The number of carbonyl (C=O) groups excluding carboxylic acids is 1. The highest BCUT2D eigenvalue weighted by molar-refractivity contribution is 6.30. The van der Waals surface area contributed by atoms with E-state index >= 15 is 0 Å². The number of hydrogen-bond donors (Lipinski definition) is 1. The maximum absolute atomic E-state index is 11.8. The molecule has 1 aliphatic carbocycles. The summed E-state index contributed by atoms with van der Waals surface area (Å²) in [7, 11) is 0. The van der Waals surface area contributed by atoms with Gasteiger partial charge in [-0.25, -0.2) is 0 Å². The fraction of sp³-hybridized carbons (Fsp3) is 0.533. The molecule has 2 fully saturated rings. The molecule has 1 aromatic rings. The zero-order valence-electron chi connectivity index (χ0n) is 11.5. The van der Waals surface area contributed by atoms with E-state index in [9.17, 15) is 4.79 Å². The molecule has 1 saturated carbocycles. The second-order valence-corrected chi connectivity index (χ2v) is 6.02. The van der Waals surface area contributed by atoms with Crippen molar-refractivity contribution in [1.82, 2.24) is 10.2 Å². The largest absolute Gasteiger partial charge is 0.369 e. The molecule has 2 aliphatic rings. The lowest BCUT2D eigenvalue weighted by Gasteiger charge is -2.35. The summed E-state index contributed by atoms with van der Waals surface area (Å²) < 4.78 is 0. The van der Waals surface area contributed by atoms with Gasteiger partial charge in [0.2, 0.25) is 5.91 Å². The van der Waals surface area contributed by atoms with Crippen LogP contribution in [0.2, 0.25) is 5.02 Å². The molecule has 1 amide bonds. The first-order valence-electron chi connectivity index (χ1n) is 7.23. The van der Waals surface area contributed by atoms with E-state index in [2.05, 4.69) is 27.2 Å². The Morgan fingerprint density at radius 2 is 1.80 bits per heavy atom. The van der Waals surface area contributed by atoms with Gasteiger partial charge in [-0.1, -0.05) is 11.6 Å². The van der Waals surface area contributed by atoms with Crippen molar-refractivity contribution in [3.8, 4) is 0 Å². The van der Waals surface area contributed by atoms with Gasteiger partial charge in [-0.15, -0.1) is 0 Å². The van der Waals surface area contributed by atoms with Gasteiger partial charge in [-0.2, -0.15) is 0 Å². The number of piperazine rings is 1. The van der Waals surface area contributed by atoms with Crippen molar-refractivity contribution < 1.29 is 4.79 Å². The highest BCUT2D eigenvalue weighted by Gasteiger charge is 2.25. The fourth-order valence-corrected chi connectivity index (χ4v) is 2.65. The third-order valence-corrected chi connectivity index (χ3v) is 4.13. The average Bonchev–Trinajstić information content (AvgIpc) is 3.24. The molecule has 4 nitrogen and oxygen atoms in total. The van der Waals surface area contributed by atoms with Crippen LogP contribution in [0.3, 0.4) is 0 Å². The molecule has 0 radical (unpaired) electrons. The standard InChI is InChI=1S/C15H20ClN3O/c16-12-1-5-14(6-2-12)19-9-7-18(8-10-19)11-15(20)17-13-3-4-13/h1-2,5-6,13H,3-4,7-11H2,(H,17,20). The zero-order chi connectivity index (χ0) is 13.9. The molecule has 0 bridgehead atoms. The molecule has 1 aliphatic heterocycles. The monoisotopic (exact) mass is 293 g/mol. The first kappa shape index (κ1) is 13.7. The Bertz CT molecular complexity index is 465. The molecule has 0 unspecified atom stereocenters. The van der Waals surface area contributed by atoms with Gasteiger partial charge in [0.25, 0.3) is 0 Å². The lowest BCUT2D eigenvalue weighted by atomic mass is 10.2. The number of benzene rings is 1. The van der Waals surface area contributed by atoms with Crippen LogP contribution in [-0.2, 0) is 4.79 Å². The maximum Gasteiger partial charge on any atom is 0.234 e. The summed E-state index contributed by atoms with van der Waals surface area (Å²) in [6.07, 6.45) is 2.30. The summed E-state index contributed by atoms with van der Waals surface area (Å²) in [4.78, 5) is 16.3. The highest BCUT2D eigenvalue weighted by atomic mass is 35.5. The van der Waals surface area contributed by atoms with Gasteiger partial charge in [0.1, 0.15) is 0 Å². The highest BCUT2D eigenvalue weighted by Crippen LogP contribution is 2.20. The van der Waals surface area contributed by atoms with Crippen molar-refractivity contribution in [2.75, 3.05) is 37.6 Å². The van der Waals surface area contributed by atoms with E-state index < -0.39 is 0 Å². The predicted octanol–water partition coefficient (Wildman–Crippen LogP) is 1.74. The molecule has 1 N–H and O–H groups in total. The molecular formula is C15H20ClN3O. The van der Waals surface area contributed by atoms with E-state index in [-0.39, 0.29) is 5.91 Å². The van der Waals surface area contributed by atoms with Crippen LogP contribution in [-0.4, -0.2) is 49.6 Å². The Kier molecular flexibility index (Phi) is 4.13. The molecule has 1 heterocycles. The molecule has 1 saturated heterocycles. The van der Waals surface area contributed by atoms with Crippen molar-refractivity contribution in [2.45, 2.75) is 18.9 Å². The summed E-state index contributed by atoms with van der Waals surface area (Å²) in [6, 6.07) is 8.41. The quantitative estimate of drug-likeness (QED) is 0.918. The molecule has 0 atom stereocenters. The molecule has 20 heavy (non-hydrogen) atoms. The molecule has 3 rings (SSSR count). The summed E-state index contributed by atoms with van der Waals surface area (Å²) in [5.41, 5.74) is 1.21. The van der Waals surface area contributed by atoms with E-state index in [1.54, 1.807) is 0 Å². The van der Waals surface area contributed by atoms with Crippen LogP contribution >= 0.6 is 11.6 Å². The first-order chi connectivity index (χ1) is 9.70. The van der Waals surface area contributed by atoms with Gasteiger partial charge in [0, 0.05) is 42.9 Å². The average molecular weight is 294 g/mol.